The smallest absolute Gasteiger partial charge is 0.160 e. The Kier molecular flexibility index (Phi) is 11.4. The van der Waals surface area contributed by atoms with Gasteiger partial charge in [0.2, 0.25) is 0 Å². The Morgan fingerprint density at radius 2 is 1.41 bits per heavy atom. The fourth-order valence-electron chi connectivity index (χ4n) is 3.34. The van der Waals surface area contributed by atoms with Crippen molar-refractivity contribution in [2.24, 2.45) is 11.8 Å². The first-order chi connectivity index (χ1) is 16.8. The molecule has 2 aliphatic rings. The van der Waals surface area contributed by atoms with Gasteiger partial charge in [-0.25, -0.2) is 9.97 Å². The van der Waals surface area contributed by atoms with E-state index >= 15 is 0 Å². The molecular formula is C22H28Br4N8OS2. The number of rotatable bonds is 8. The molecule has 1 N–H and O–H groups in total. The molecule has 2 aliphatic carbocycles. The number of aliphatic hydroxyl groups excluding tert-OH is 1. The summed E-state index contributed by atoms with van der Waals surface area (Å²) in [6.45, 7) is 1.91. The SMILES string of the molecule is Brc1nc(Br)c(Cc2cn(CC3CC3)nn2)s1.C.C.OC(c1cn(CC2CC2)nn1)c1sc(Br)nc1Br. The van der Waals surface area contributed by atoms with E-state index in [4.69, 9.17) is 0 Å². The minimum absolute atomic E-state index is 0. The third-order valence-corrected chi connectivity index (χ3v) is 10.4. The Morgan fingerprint density at radius 3 is 1.95 bits per heavy atom. The van der Waals surface area contributed by atoms with Crippen LogP contribution in [0.4, 0.5) is 0 Å². The van der Waals surface area contributed by atoms with Crippen molar-refractivity contribution in [1.82, 2.24) is 40.0 Å². The number of halogens is 4. The fourth-order valence-corrected chi connectivity index (χ4v) is 8.08. The van der Waals surface area contributed by atoms with Crippen LogP contribution in [0.3, 0.4) is 0 Å². The van der Waals surface area contributed by atoms with Crippen molar-refractivity contribution < 1.29 is 5.11 Å². The molecule has 1 atom stereocenters. The molecule has 202 valence electrons. The molecule has 37 heavy (non-hydrogen) atoms. The number of nitrogens with zero attached hydrogens (tertiary/aromatic N) is 8. The normalized spacial score (nSPS) is 15.4. The molecule has 4 aromatic rings. The van der Waals surface area contributed by atoms with Crippen LogP contribution in [0.1, 0.15) is 67.8 Å². The van der Waals surface area contributed by atoms with Gasteiger partial charge < -0.3 is 5.11 Å². The van der Waals surface area contributed by atoms with Gasteiger partial charge in [-0.05, 0) is 101 Å². The zero-order valence-electron chi connectivity index (χ0n) is 18.2. The summed E-state index contributed by atoms with van der Waals surface area (Å²) in [6, 6.07) is 0. The Labute approximate surface area is 258 Å². The van der Waals surface area contributed by atoms with Crippen LogP contribution < -0.4 is 0 Å². The first-order valence-corrected chi connectivity index (χ1v) is 15.7. The highest BCUT2D eigenvalue weighted by atomic mass is 79.9. The van der Waals surface area contributed by atoms with Crippen LogP contribution in [0.25, 0.3) is 0 Å². The van der Waals surface area contributed by atoms with E-state index in [0.29, 0.717) is 10.3 Å². The van der Waals surface area contributed by atoms with Gasteiger partial charge in [0.25, 0.3) is 0 Å². The summed E-state index contributed by atoms with van der Waals surface area (Å²) in [5.74, 6) is 1.56. The molecule has 0 spiro atoms. The molecule has 4 aromatic heterocycles. The highest BCUT2D eigenvalue weighted by molar-refractivity contribution is 9.11. The largest absolute Gasteiger partial charge is 0.381 e. The lowest BCUT2D eigenvalue weighted by molar-refractivity contribution is 0.218. The van der Waals surface area contributed by atoms with Gasteiger partial charge in [-0.3, -0.25) is 9.36 Å². The van der Waals surface area contributed by atoms with E-state index in [1.807, 2.05) is 17.1 Å². The second-order valence-corrected chi connectivity index (χ2v) is 14.7. The summed E-state index contributed by atoms with van der Waals surface area (Å²) in [5, 5.41) is 26.7. The van der Waals surface area contributed by atoms with Crippen LogP contribution in [-0.4, -0.2) is 45.1 Å². The Hall–Kier alpha value is -0.580. The van der Waals surface area contributed by atoms with Crippen LogP contribution >= 0.6 is 86.4 Å². The van der Waals surface area contributed by atoms with Crippen LogP contribution in [0.15, 0.2) is 29.4 Å². The van der Waals surface area contributed by atoms with E-state index in [9.17, 15) is 5.11 Å². The number of hydrogen-bond donors (Lipinski definition) is 1. The zero-order valence-corrected chi connectivity index (χ0v) is 26.2. The molecule has 2 saturated carbocycles. The average molecular weight is 804 g/mol. The molecule has 6 rings (SSSR count). The molecule has 0 radical (unpaired) electrons. The molecule has 9 nitrogen and oxygen atoms in total. The second-order valence-electron chi connectivity index (χ2n) is 8.57. The number of aliphatic hydroxyl groups is 1. The van der Waals surface area contributed by atoms with Crippen molar-refractivity contribution >= 4 is 86.4 Å². The molecule has 0 amide bonds. The number of thiazole rings is 2. The van der Waals surface area contributed by atoms with E-state index in [-0.39, 0.29) is 14.9 Å². The van der Waals surface area contributed by atoms with Crippen molar-refractivity contribution in [1.29, 1.82) is 0 Å². The first kappa shape index (κ1) is 31.0. The van der Waals surface area contributed by atoms with E-state index in [1.165, 1.54) is 41.9 Å². The Balaban J connectivity index is 0.000000195. The summed E-state index contributed by atoms with van der Waals surface area (Å²) >= 11 is 16.5. The molecule has 1 unspecified atom stereocenters. The van der Waals surface area contributed by atoms with E-state index in [2.05, 4.69) is 94.3 Å². The molecule has 0 bridgehead atoms. The van der Waals surface area contributed by atoms with Gasteiger partial charge >= 0.3 is 0 Å². The van der Waals surface area contributed by atoms with E-state index in [1.54, 1.807) is 16.0 Å². The van der Waals surface area contributed by atoms with Crippen LogP contribution in [0.5, 0.6) is 0 Å². The Bertz CT molecular complexity index is 1300. The molecule has 0 aromatic carbocycles. The van der Waals surface area contributed by atoms with Crippen molar-refractivity contribution in [2.45, 2.75) is 66.2 Å². The highest BCUT2D eigenvalue weighted by Gasteiger charge is 2.25. The summed E-state index contributed by atoms with van der Waals surface area (Å²) < 4.78 is 6.92. The lowest BCUT2D eigenvalue weighted by Crippen LogP contribution is -2.00. The maximum Gasteiger partial charge on any atom is 0.160 e. The topological polar surface area (TPSA) is 107 Å². The summed E-state index contributed by atoms with van der Waals surface area (Å²) in [4.78, 5) is 10.3. The second kappa shape index (κ2) is 13.7. The van der Waals surface area contributed by atoms with Gasteiger partial charge in [0.1, 0.15) is 21.0 Å². The van der Waals surface area contributed by atoms with Gasteiger partial charge in [0.05, 0.1) is 16.8 Å². The van der Waals surface area contributed by atoms with Crippen LogP contribution in [-0.2, 0) is 19.5 Å². The van der Waals surface area contributed by atoms with Crippen LogP contribution in [0.2, 0.25) is 0 Å². The molecule has 0 saturated heterocycles. The van der Waals surface area contributed by atoms with Gasteiger partial charge in [0, 0.05) is 30.6 Å². The quantitative estimate of drug-likeness (QED) is 0.200. The maximum absolute atomic E-state index is 10.3. The minimum Gasteiger partial charge on any atom is -0.381 e. The van der Waals surface area contributed by atoms with Crippen molar-refractivity contribution in [3.63, 3.8) is 0 Å². The predicted molar refractivity (Wildman–Crippen MR) is 161 cm³/mol. The zero-order chi connectivity index (χ0) is 24.5. The molecule has 2 fully saturated rings. The molecule has 4 heterocycles. The molecular weight excluding hydrogens is 776 g/mol. The fraction of sp³-hybridized carbons (Fsp3) is 0.545. The Morgan fingerprint density at radius 1 is 0.838 bits per heavy atom. The standard InChI is InChI=1S/C10H10Br2N4OS.C10H10Br2N4S.2CH4/c11-9-8(18-10(12)13-9)7(17)6-4-16(15-14-6)3-5-1-2-5;11-9-8(17-10(12)13-9)3-7-5-16(15-14-7)4-6-1-2-6;;/h4-5,7,17H,1-3H2;5-6H,1-4H2;2*1H4. The van der Waals surface area contributed by atoms with Gasteiger partial charge in [-0.2, -0.15) is 0 Å². The number of aromatic nitrogens is 8. The monoisotopic (exact) mass is 800 g/mol. The van der Waals surface area contributed by atoms with Gasteiger partial charge in [-0.1, -0.05) is 25.3 Å². The molecule has 0 aliphatic heterocycles. The minimum atomic E-state index is -0.781. The molecule has 15 heteroatoms. The van der Waals surface area contributed by atoms with Crippen LogP contribution in [0, 0.1) is 11.8 Å². The van der Waals surface area contributed by atoms with Crippen molar-refractivity contribution in [3.05, 3.63) is 50.6 Å². The van der Waals surface area contributed by atoms with E-state index < -0.39 is 6.10 Å². The third kappa shape index (κ3) is 8.70. The van der Waals surface area contributed by atoms with E-state index in [0.717, 1.165) is 54.4 Å². The first-order valence-electron chi connectivity index (χ1n) is 10.9. The van der Waals surface area contributed by atoms with Crippen molar-refractivity contribution in [3.8, 4) is 0 Å². The predicted octanol–water partition coefficient (Wildman–Crippen LogP) is 7.28. The lowest BCUT2D eigenvalue weighted by Gasteiger charge is -2.03. The summed E-state index contributed by atoms with van der Waals surface area (Å²) in [7, 11) is 0. The lowest BCUT2D eigenvalue weighted by atomic mass is 10.2. The van der Waals surface area contributed by atoms with Gasteiger partial charge in [-0.15, -0.1) is 32.9 Å². The summed E-state index contributed by atoms with van der Waals surface area (Å²) in [5.41, 5.74) is 1.56. The van der Waals surface area contributed by atoms with Gasteiger partial charge in [0.15, 0.2) is 7.83 Å². The maximum atomic E-state index is 10.3. The third-order valence-electron chi connectivity index (χ3n) is 5.50. The highest BCUT2D eigenvalue weighted by Crippen LogP contribution is 2.35. The number of hydrogen-bond acceptors (Lipinski definition) is 9. The van der Waals surface area contributed by atoms with Crippen molar-refractivity contribution in [2.75, 3.05) is 0 Å². The average Bonchev–Trinajstić information content (AvgIpc) is 3.62. The summed E-state index contributed by atoms with van der Waals surface area (Å²) in [6.07, 6.45) is 9.06.